The summed E-state index contributed by atoms with van der Waals surface area (Å²) in [6.07, 6.45) is 0. The lowest BCUT2D eigenvalue weighted by Crippen LogP contribution is -2.14. The molecular formula is C27H26FN3O3. The minimum atomic E-state index is -0.284. The molecule has 0 aliphatic carbocycles. The molecule has 6 nitrogen and oxygen atoms in total. The molecule has 4 rings (SSSR count). The van der Waals surface area contributed by atoms with Crippen LogP contribution in [0.5, 0.6) is 11.5 Å². The van der Waals surface area contributed by atoms with Gasteiger partial charge in [0.2, 0.25) is 0 Å². The van der Waals surface area contributed by atoms with Gasteiger partial charge in [-0.25, -0.2) is 4.39 Å². The van der Waals surface area contributed by atoms with Gasteiger partial charge < -0.3 is 14.8 Å². The Morgan fingerprint density at radius 2 is 1.74 bits per heavy atom. The summed E-state index contributed by atoms with van der Waals surface area (Å²) in [6.45, 7) is 4.25. The number of ether oxygens (including phenoxy) is 2. The van der Waals surface area contributed by atoms with Crippen molar-refractivity contribution in [1.29, 1.82) is 0 Å². The second-order valence-corrected chi connectivity index (χ2v) is 7.89. The lowest BCUT2D eigenvalue weighted by Gasteiger charge is -2.11. The van der Waals surface area contributed by atoms with Crippen molar-refractivity contribution in [3.8, 4) is 11.5 Å². The molecular weight excluding hydrogens is 433 g/mol. The highest BCUT2D eigenvalue weighted by Gasteiger charge is 2.17. The summed E-state index contributed by atoms with van der Waals surface area (Å²) in [5, 5.41) is 7.45. The van der Waals surface area contributed by atoms with Crippen molar-refractivity contribution in [2.75, 3.05) is 12.4 Å². The quantitative estimate of drug-likeness (QED) is 0.376. The van der Waals surface area contributed by atoms with Gasteiger partial charge in [0.15, 0.2) is 11.5 Å². The molecule has 0 atom stereocenters. The van der Waals surface area contributed by atoms with Crippen molar-refractivity contribution in [2.45, 2.75) is 27.0 Å². The van der Waals surface area contributed by atoms with Gasteiger partial charge in [-0.1, -0.05) is 42.5 Å². The summed E-state index contributed by atoms with van der Waals surface area (Å²) in [4.78, 5) is 13.0. The smallest absolute Gasteiger partial charge is 0.255 e. The molecule has 3 aromatic carbocycles. The first-order valence-electron chi connectivity index (χ1n) is 10.9. The summed E-state index contributed by atoms with van der Waals surface area (Å²) in [5.41, 5.74) is 3.93. The van der Waals surface area contributed by atoms with Crippen LogP contribution in [0.4, 0.5) is 10.1 Å². The zero-order valence-corrected chi connectivity index (χ0v) is 19.3. The second-order valence-electron chi connectivity index (χ2n) is 7.89. The number of aryl methyl sites for hydroxylation is 1. The van der Waals surface area contributed by atoms with E-state index >= 15 is 0 Å². The number of carbonyl (C=O) groups excluding carboxylic acids is 1. The third-order valence-corrected chi connectivity index (χ3v) is 5.55. The average Bonchev–Trinajstić information content (AvgIpc) is 3.11. The van der Waals surface area contributed by atoms with Crippen molar-refractivity contribution >= 4 is 11.6 Å². The van der Waals surface area contributed by atoms with Gasteiger partial charge in [-0.05, 0) is 49.7 Å². The van der Waals surface area contributed by atoms with Crippen LogP contribution in [0.1, 0.15) is 32.9 Å². The van der Waals surface area contributed by atoms with E-state index in [9.17, 15) is 9.18 Å². The van der Waals surface area contributed by atoms with Crippen LogP contribution in [-0.4, -0.2) is 22.8 Å². The van der Waals surface area contributed by atoms with Crippen molar-refractivity contribution < 1.29 is 18.7 Å². The van der Waals surface area contributed by atoms with Crippen molar-refractivity contribution in [1.82, 2.24) is 9.78 Å². The van der Waals surface area contributed by atoms with Crippen LogP contribution < -0.4 is 14.8 Å². The first-order valence-corrected chi connectivity index (χ1v) is 10.9. The summed E-state index contributed by atoms with van der Waals surface area (Å²) < 4.78 is 27.0. The fourth-order valence-electron chi connectivity index (χ4n) is 3.71. The minimum Gasteiger partial charge on any atom is -0.493 e. The number of hydrogen-bond donors (Lipinski definition) is 1. The monoisotopic (exact) mass is 459 g/mol. The third-order valence-electron chi connectivity index (χ3n) is 5.55. The summed E-state index contributed by atoms with van der Waals surface area (Å²) >= 11 is 0. The van der Waals surface area contributed by atoms with Gasteiger partial charge in [0.25, 0.3) is 5.91 Å². The van der Waals surface area contributed by atoms with E-state index in [4.69, 9.17) is 9.47 Å². The van der Waals surface area contributed by atoms with Crippen LogP contribution in [0.3, 0.4) is 0 Å². The van der Waals surface area contributed by atoms with E-state index in [0.29, 0.717) is 40.6 Å². The fourth-order valence-corrected chi connectivity index (χ4v) is 3.71. The van der Waals surface area contributed by atoms with Crippen molar-refractivity contribution in [3.05, 3.63) is 107 Å². The molecule has 1 heterocycles. The molecule has 34 heavy (non-hydrogen) atoms. The molecule has 0 fully saturated rings. The van der Waals surface area contributed by atoms with E-state index < -0.39 is 0 Å². The predicted octanol–water partition coefficient (Wildman–Crippen LogP) is 5.53. The Kier molecular flexibility index (Phi) is 6.92. The number of nitrogens with zero attached hydrogens (tertiary/aromatic N) is 2. The summed E-state index contributed by atoms with van der Waals surface area (Å²) in [6, 6.07) is 21.3. The van der Waals surface area contributed by atoms with Crippen LogP contribution in [0.2, 0.25) is 0 Å². The zero-order valence-electron chi connectivity index (χ0n) is 19.3. The van der Waals surface area contributed by atoms with Gasteiger partial charge in [0, 0.05) is 11.1 Å². The van der Waals surface area contributed by atoms with Crippen LogP contribution in [0.15, 0.2) is 72.8 Å². The highest BCUT2D eigenvalue weighted by molar-refractivity contribution is 6.05. The van der Waals surface area contributed by atoms with Crippen LogP contribution >= 0.6 is 0 Å². The van der Waals surface area contributed by atoms with E-state index in [0.717, 1.165) is 11.3 Å². The minimum absolute atomic E-state index is 0.254. The number of carbonyl (C=O) groups is 1. The number of aromatic nitrogens is 2. The summed E-state index contributed by atoms with van der Waals surface area (Å²) in [7, 11) is 1.59. The van der Waals surface area contributed by atoms with Gasteiger partial charge in [0.05, 0.1) is 30.7 Å². The van der Waals surface area contributed by atoms with E-state index in [1.807, 2.05) is 50.2 Å². The first-order chi connectivity index (χ1) is 16.5. The number of anilines is 1. The number of rotatable bonds is 8. The van der Waals surface area contributed by atoms with E-state index in [2.05, 4.69) is 10.4 Å². The summed E-state index contributed by atoms with van der Waals surface area (Å²) in [5.74, 6) is 0.742. The SMILES string of the molecule is COc1ccccc1OCc1cccc(C(=O)Nc2c(C)nn(Cc3ccccc3F)c2C)c1. The Bertz CT molecular complexity index is 1320. The van der Waals surface area contributed by atoms with Crippen LogP contribution in [-0.2, 0) is 13.2 Å². The highest BCUT2D eigenvalue weighted by Crippen LogP contribution is 2.27. The Morgan fingerprint density at radius 3 is 2.50 bits per heavy atom. The van der Waals surface area contributed by atoms with Crippen molar-refractivity contribution in [3.63, 3.8) is 0 Å². The molecule has 1 aromatic heterocycles. The molecule has 0 saturated heterocycles. The highest BCUT2D eigenvalue weighted by atomic mass is 19.1. The Labute approximate surface area is 198 Å². The number of nitrogens with one attached hydrogen (secondary N) is 1. The number of benzene rings is 3. The Hall–Kier alpha value is -4.13. The van der Waals surface area contributed by atoms with Crippen LogP contribution in [0, 0.1) is 19.7 Å². The van der Waals surface area contributed by atoms with Gasteiger partial charge in [-0.15, -0.1) is 0 Å². The third kappa shape index (κ3) is 5.09. The van der Waals surface area contributed by atoms with Crippen LogP contribution in [0.25, 0.3) is 0 Å². The number of amides is 1. The molecule has 0 radical (unpaired) electrons. The molecule has 4 aromatic rings. The number of halogens is 1. The molecule has 0 saturated carbocycles. The predicted molar refractivity (Wildman–Crippen MR) is 129 cm³/mol. The first kappa shape index (κ1) is 23.0. The second kappa shape index (κ2) is 10.2. The molecule has 0 aliphatic rings. The molecule has 0 spiro atoms. The molecule has 0 unspecified atom stereocenters. The van der Waals surface area contributed by atoms with Gasteiger partial charge in [-0.2, -0.15) is 5.10 Å². The molecule has 1 amide bonds. The Morgan fingerprint density at radius 1 is 1.00 bits per heavy atom. The zero-order chi connectivity index (χ0) is 24.1. The largest absolute Gasteiger partial charge is 0.493 e. The molecule has 0 aliphatic heterocycles. The molecule has 0 bridgehead atoms. The Balaban J connectivity index is 1.47. The lowest BCUT2D eigenvalue weighted by atomic mass is 10.1. The lowest BCUT2D eigenvalue weighted by molar-refractivity contribution is 0.102. The number of methoxy groups -OCH3 is 1. The number of para-hydroxylation sites is 2. The van der Waals surface area contributed by atoms with Crippen molar-refractivity contribution in [2.24, 2.45) is 0 Å². The normalized spacial score (nSPS) is 10.7. The topological polar surface area (TPSA) is 65.4 Å². The van der Waals surface area contributed by atoms with Gasteiger partial charge >= 0.3 is 0 Å². The average molecular weight is 460 g/mol. The maximum absolute atomic E-state index is 14.1. The number of hydrogen-bond acceptors (Lipinski definition) is 4. The molecule has 1 N–H and O–H groups in total. The van der Waals surface area contributed by atoms with E-state index in [1.54, 1.807) is 42.1 Å². The fraction of sp³-hybridized carbons (Fsp3) is 0.185. The van der Waals surface area contributed by atoms with E-state index in [1.165, 1.54) is 6.07 Å². The maximum Gasteiger partial charge on any atom is 0.255 e. The molecule has 7 heteroatoms. The van der Waals surface area contributed by atoms with Gasteiger partial charge in [0.1, 0.15) is 12.4 Å². The standard InChI is InChI=1S/C27H26FN3O3/c1-18-26(19(2)31(30-18)16-22-10-4-5-12-23(22)28)29-27(32)21-11-8-9-20(15-21)17-34-25-14-7-6-13-24(25)33-3/h4-15H,16-17H2,1-3H3,(H,29,32). The van der Waals surface area contributed by atoms with E-state index in [-0.39, 0.29) is 18.3 Å². The van der Waals surface area contributed by atoms with Gasteiger partial charge in [-0.3, -0.25) is 9.48 Å². The maximum atomic E-state index is 14.1. The molecule has 174 valence electrons.